The standard InChI is InChI=1S/C19H22O2/c1-2-21-18-11-14(12-18)10-17(20)13-16-8-5-7-15-6-3-4-9-19(15)16/h3-9,14,18H,2,10-13H2,1H3. The number of Topliss-reactive ketones (excluding diaryl/α,β-unsaturated/α-hetero) is 1. The molecule has 21 heavy (non-hydrogen) atoms. The maximum Gasteiger partial charge on any atom is 0.137 e. The Bertz CT molecular complexity index is 621. The minimum atomic E-state index is 0.353. The van der Waals surface area contributed by atoms with Gasteiger partial charge in [-0.3, -0.25) is 4.79 Å². The van der Waals surface area contributed by atoms with Crippen molar-refractivity contribution in [1.82, 2.24) is 0 Å². The molecule has 2 heteroatoms. The highest BCUT2D eigenvalue weighted by Crippen LogP contribution is 2.33. The van der Waals surface area contributed by atoms with E-state index in [1.807, 2.05) is 25.1 Å². The number of benzene rings is 2. The van der Waals surface area contributed by atoms with Gasteiger partial charge in [-0.2, -0.15) is 0 Å². The summed E-state index contributed by atoms with van der Waals surface area (Å²) in [5.41, 5.74) is 1.15. The van der Waals surface area contributed by atoms with Crippen LogP contribution in [0.1, 0.15) is 31.7 Å². The summed E-state index contributed by atoms with van der Waals surface area (Å²) in [6.45, 7) is 2.81. The van der Waals surface area contributed by atoms with Crippen molar-refractivity contribution in [3.8, 4) is 0 Å². The van der Waals surface area contributed by atoms with E-state index >= 15 is 0 Å². The molecule has 1 aliphatic rings. The van der Waals surface area contributed by atoms with Gasteiger partial charge >= 0.3 is 0 Å². The lowest BCUT2D eigenvalue weighted by atomic mass is 9.78. The van der Waals surface area contributed by atoms with Gasteiger partial charge in [0, 0.05) is 19.4 Å². The van der Waals surface area contributed by atoms with E-state index in [4.69, 9.17) is 4.74 Å². The molecule has 0 aliphatic heterocycles. The van der Waals surface area contributed by atoms with Crippen molar-refractivity contribution in [3.05, 3.63) is 48.0 Å². The van der Waals surface area contributed by atoms with Crippen LogP contribution in [0.2, 0.25) is 0 Å². The largest absolute Gasteiger partial charge is 0.378 e. The van der Waals surface area contributed by atoms with Gasteiger partial charge in [0.25, 0.3) is 0 Å². The maximum atomic E-state index is 12.3. The first kappa shape index (κ1) is 14.3. The van der Waals surface area contributed by atoms with Gasteiger partial charge in [-0.1, -0.05) is 42.5 Å². The van der Waals surface area contributed by atoms with Crippen molar-refractivity contribution < 1.29 is 9.53 Å². The first-order valence-corrected chi connectivity index (χ1v) is 7.86. The molecule has 1 saturated carbocycles. The Balaban J connectivity index is 1.60. The molecule has 1 fully saturated rings. The number of fused-ring (bicyclic) bond motifs is 1. The molecular formula is C19H22O2. The SMILES string of the molecule is CCOC1CC(CC(=O)Cc2cccc3ccccc23)C1. The second kappa shape index (κ2) is 6.40. The van der Waals surface area contributed by atoms with Crippen molar-refractivity contribution in [2.45, 2.75) is 38.7 Å². The number of hydrogen-bond donors (Lipinski definition) is 0. The molecule has 0 aromatic heterocycles. The molecule has 2 aromatic rings. The Hall–Kier alpha value is -1.67. The molecule has 0 heterocycles. The number of carbonyl (C=O) groups excluding carboxylic acids is 1. The lowest BCUT2D eigenvalue weighted by Crippen LogP contribution is -2.33. The first-order valence-electron chi connectivity index (χ1n) is 7.86. The summed E-state index contributed by atoms with van der Waals surface area (Å²) in [6.07, 6.45) is 3.75. The maximum absolute atomic E-state index is 12.3. The molecule has 3 rings (SSSR count). The highest BCUT2D eigenvalue weighted by molar-refractivity contribution is 5.90. The van der Waals surface area contributed by atoms with Crippen molar-refractivity contribution in [1.29, 1.82) is 0 Å². The normalized spacial score (nSPS) is 21.2. The third-order valence-electron chi connectivity index (χ3n) is 4.38. The molecule has 1 aliphatic carbocycles. The molecule has 0 unspecified atom stereocenters. The summed E-state index contributed by atoms with van der Waals surface area (Å²) in [5.74, 6) is 0.885. The second-order valence-corrected chi connectivity index (χ2v) is 5.97. The van der Waals surface area contributed by atoms with Crippen LogP contribution in [0.15, 0.2) is 42.5 Å². The van der Waals surface area contributed by atoms with Crippen molar-refractivity contribution >= 4 is 16.6 Å². The summed E-state index contributed by atoms with van der Waals surface area (Å²) in [7, 11) is 0. The lowest BCUT2D eigenvalue weighted by molar-refractivity contribution is -0.121. The van der Waals surface area contributed by atoms with Gasteiger partial charge in [0.2, 0.25) is 0 Å². The van der Waals surface area contributed by atoms with E-state index in [9.17, 15) is 4.79 Å². The van der Waals surface area contributed by atoms with Gasteiger partial charge in [-0.05, 0) is 42.0 Å². The average Bonchev–Trinajstić information content (AvgIpc) is 2.45. The molecule has 110 valence electrons. The van der Waals surface area contributed by atoms with Crippen LogP contribution in [0.4, 0.5) is 0 Å². The van der Waals surface area contributed by atoms with Gasteiger partial charge in [-0.25, -0.2) is 0 Å². The van der Waals surface area contributed by atoms with Crippen LogP contribution in [-0.2, 0) is 16.0 Å². The van der Waals surface area contributed by atoms with Crippen LogP contribution in [-0.4, -0.2) is 18.5 Å². The topological polar surface area (TPSA) is 26.3 Å². The van der Waals surface area contributed by atoms with Gasteiger partial charge in [0.05, 0.1) is 6.10 Å². The molecule has 2 nitrogen and oxygen atoms in total. The molecule has 0 spiro atoms. The molecule has 0 N–H and O–H groups in total. The van der Waals surface area contributed by atoms with Crippen molar-refractivity contribution in [2.24, 2.45) is 5.92 Å². The number of carbonyl (C=O) groups is 1. The van der Waals surface area contributed by atoms with Crippen molar-refractivity contribution in [2.75, 3.05) is 6.61 Å². The second-order valence-electron chi connectivity index (χ2n) is 5.97. The summed E-state index contributed by atoms with van der Waals surface area (Å²) < 4.78 is 5.55. The Kier molecular flexibility index (Phi) is 4.35. The number of rotatable bonds is 6. The quantitative estimate of drug-likeness (QED) is 0.795. The molecule has 0 radical (unpaired) electrons. The van der Waals surface area contributed by atoms with E-state index in [-0.39, 0.29) is 0 Å². The van der Waals surface area contributed by atoms with E-state index in [1.54, 1.807) is 0 Å². The predicted octanol–water partition coefficient (Wildman–Crippen LogP) is 4.16. The predicted molar refractivity (Wildman–Crippen MR) is 85.4 cm³/mol. The van der Waals surface area contributed by atoms with Gasteiger partial charge in [-0.15, -0.1) is 0 Å². The minimum Gasteiger partial charge on any atom is -0.378 e. The monoisotopic (exact) mass is 282 g/mol. The summed E-state index contributed by atoms with van der Waals surface area (Å²) >= 11 is 0. The van der Waals surface area contributed by atoms with Gasteiger partial charge < -0.3 is 4.74 Å². The van der Waals surface area contributed by atoms with Crippen LogP contribution in [0.5, 0.6) is 0 Å². The van der Waals surface area contributed by atoms with Crippen LogP contribution in [0.25, 0.3) is 10.8 Å². The van der Waals surface area contributed by atoms with Crippen LogP contribution >= 0.6 is 0 Å². The number of hydrogen-bond acceptors (Lipinski definition) is 2. The first-order chi connectivity index (χ1) is 10.3. The van der Waals surface area contributed by atoms with Crippen LogP contribution in [0.3, 0.4) is 0 Å². The van der Waals surface area contributed by atoms with E-state index in [1.165, 1.54) is 10.8 Å². The molecule has 0 saturated heterocycles. The zero-order valence-electron chi connectivity index (χ0n) is 12.5. The third-order valence-corrected chi connectivity index (χ3v) is 4.38. The number of ether oxygens (including phenoxy) is 1. The van der Waals surface area contributed by atoms with Crippen LogP contribution in [0, 0.1) is 5.92 Å². The average molecular weight is 282 g/mol. The van der Waals surface area contributed by atoms with E-state index in [0.29, 0.717) is 30.6 Å². The Morgan fingerprint density at radius 1 is 1.14 bits per heavy atom. The highest BCUT2D eigenvalue weighted by atomic mass is 16.5. The van der Waals surface area contributed by atoms with Gasteiger partial charge in [0.15, 0.2) is 0 Å². The van der Waals surface area contributed by atoms with E-state index in [0.717, 1.165) is 25.0 Å². The zero-order chi connectivity index (χ0) is 14.7. The fourth-order valence-corrected chi connectivity index (χ4v) is 3.27. The minimum absolute atomic E-state index is 0.353. The van der Waals surface area contributed by atoms with Crippen molar-refractivity contribution in [3.63, 3.8) is 0 Å². The van der Waals surface area contributed by atoms with Gasteiger partial charge in [0.1, 0.15) is 5.78 Å². The fourth-order valence-electron chi connectivity index (χ4n) is 3.27. The zero-order valence-corrected chi connectivity index (χ0v) is 12.5. The highest BCUT2D eigenvalue weighted by Gasteiger charge is 2.30. The molecular weight excluding hydrogens is 260 g/mol. The lowest BCUT2D eigenvalue weighted by Gasteiger charge is -2.34. The van der Waals surface area contributed by atoms with Crippen LogP contribution < -0.4 is 0 Å². The Labute approximate surface area is 126 Å². The Morgan fingerprint density at radius 2 is 1.90 bits per heavy atom. The summed E-state index contributed by atoms with van der Waals surface area (Å²) in [4.78, 5) is 12.3. The van der Waals surface area contributed by atoms with E-state index < -0.39 is 0 Å². The molecule has 2 aromatic carbocycles. The van der Waals surface area contributed by atoms with E-state index in [2.05, 4.69) is 24.3 Å². The summed E-state index contributed by atoms with van der Waals surface area (Å²) in [5, 5.41) is 2.41. The smallest absolute Gasteiger partial charge is 0.137 e. The summed E-state index contributed by atoms with van der Waals surface area (Å²) in [6, 6.07) is 14.5. The fraction of sp³-hybridized carbons (Fsp3) is 0.421. The molecule has 0 bridgehead atoms. The third kappa shape index (κ3) is 3.33. The number of ketones is 1. The molecule has 0 atom stereocenters. The molecule has 0 amide bonds. The Morgan fingerprint density at radius 3 is 2.71 bits per heavy atom.